The van der Waals surface area contributed by atoms with E-state index >= 15 is 0 Å². The molecule has 100 valence electrons. The van der Waals surface area contributed by atoms with Crippen LogP contribution >= 0.6 is 0 Å². The Balaban J connectivity index is 1.99. The predicted molar refractivity (Wildman–Crippen MR) is 79.5 cm³/mol. The fourth-order valence-corrected chi connectivity index (χ4v) is 2.86. The molecule has 0 unspecified atom stereocenters. The number of benzene rings is 2. The van der Waals surface area contributed by atoms with E-state index in [1.807, 2.05) is 24.3 Å². The van der Waals surface area contributed by atoms with Gasteiger partial charge in [-0.25, -0.2) is 0 Å². The van der Waals surface area contributed by atoms with Crippen LogP contribution in [0.3, 0.4) is 0 Å². The SMILES string of the molecule is O=S(=O)(/N=C/c1c[nH]c2ccccc12)c1ccccc1. The molecule has 0 saturated carbocycles. The van der Waals surface area contributed by atoms with E-state index in [1.54, 1.807) is 24.4 Å². The zero-order chi connectivity index (χ0) is 14.0. The van der Waals surface area contributed by atoms with Gasteiger partial charge in [-0.05, 0) is 18.2 Å². The molecular formula is C15H12N2O2S. The minimum absolute atomic E-state index is 0.191. The highest BCUT2D eigenvalue weighted by Crippen LogP contribution is 2.17. The van der Waals surface area contributed by atoms with Gasteiger partial charge in [-0.1, -0.05) is 36.4 Å². The standard InChI is InChI=1S/C15H12N2O2S/c18-20(19,13-6-2-1-3-7-13)17-11-12-10-16-15-9-5-4-8-14(12)15/h1-11,16H/b17-11+. The highest BCUT2D eigenvalue weighted by Gasteiger charge is 2.10. The number of hydrogen-bond acceptors (Lipinski definition) is 2. The molecule has 4 nitrogen and oxygen atoms in total. The average molecular weight is 284 g/mol. The summed E-state index contributed by atoms with van der Waals surface area (Å²) in [5, 5.41) is 0.944. The summed E-state index contributed by atoms with van der Waals surface area (Å²) in [6, 6.07) is 15.8. The van der Waals surface area contributed by atoms with E-state index in [2.05, 4.69) is 9.38 Å². The topological polar surface area (TPSA) is 62.3 Å². The van der Waals surface area contributed by atoms with Crippen LogP contribution in [0.15, 0.2) is 70.1 Å². The van der Waals surface area contributed by atoms with Gasteiger partial charge >= 0.3 is 0 Å². The summed E-state index contributed by atoms with van der Waals surface area (Å²) in [5.41, 5.74) is 1.70. The quantitative estimate of drug-likeness (QED) is 0.751. The molecule has 0 spiro atoms. The lowest BCUT2D eigenvalue weighted by Crippen LogP contribution is -1.97. The maximum Gasteiger partial charge on any atom is 0.282 e. The summed E-state index contributed by atoms with van der Waals surface area (Å²) in [5.74, 6) is 0. The Hall–Kier alpha value is -2.40. The summed E-state index contributed by atoms with van der Waals surface area (Å²) in [6.45, 7) is 0. The summed E-state index contributed by atoms with van der Waals surface area (Å²) in [4.78, 5) is 3.27. The molecule has 1 aromatic heterocycles. The molecule has 0 bridgehead atoms. The lowest BCUT2D eigenvalue weighted by atomic mass is 10.2. The molecule has 0 saturated heterocycles. The van der Waals surface area contributed by atoms with Crippen LogP contribution in [0, 0.1) is 0 Å². The first kappa shape index (κ1) is 12.6. The second-order valence-electron chi connectivity index (χ2n) is 4.31. The van der Waals surface area contributed by atoms with Crippen molar-refractivity contribution in [1.29, 1.82) is 0 Å². The summed E-state index contributed by atoms with van der Waals surface area (Å²) < 4.78 is 27.9. The highest BCUT2D eigenvalue weighted by atomic mass is 32.2. The fourth-order valence-electron chi connectivity index (χ4n) is 1.98. The van der Waals surface area contributed by atoms with Gasteiger partial charge < -0.3 is 4.98 Å². The summed E-state index contributed by atoms with van der Waals surface area (Å²) in [6.07, 6.45) is 3.12. The van der Waals surface area contributed by atoms with Crippen LogP contribution in [0.25, 0.3) is 10.9 Å². The van der Waals surface area contributed by atoms with Crippen molar-refractivity contribution in [3.63, 3.8) is 0 Å². The van der Waals surface area contributed by atoms with Crippen molar-refractivity contribution in [2.75, 3.05) is 0 Å². The number of para-hydroxylation sites is 1. The first-order valence-electron chi connectivity index (χ1n) is 6.08. The van der Waals surface area contributed by atoms with E-state index in [0.29, 0.717) is 0 Å². The molecule has 3 rings (SSSR count). The molecule has 1 heterocycles. The summed E-state index contributed by atoms with van der Waals surface area (Å²) in [7, 11) is -3.65. The largest absolute Gasteiger partial charge is 0.361 e. The van der Waals surface area contributed by atoms with Gasteiger partial charge in [-0.3, -0.25) is 0 Å². The van der Waals surface area contributed by atoms with E-state index in [0.717, 1.165) is 16.5 Å². The molecule has 0 aliphatic rings. The van der Waals surface area contributed by atoms with Crippen molar-refractivity contribution in [3.05, 3.63) is 66.4 Å². The van der Waals surface area contributed by atoms with E-state index in [1.165, 1.54) is 18.3 Å². The number of sulfonamides is 1. The Morgan fingerprint density at radius 1 is 0.950 bits per heavy atom. The van der Waals surface area contributed by atoms with Crippen LogP contribution in [0.4, 0.5) is 0 Å². The molecule has 0 amide bonds. The van der Waals surface area contributed by atoms with Gasteiger partial charge in [0.05, 0.1) is 4.90 Å². The van der Waals surface area contributed by atoms with Crippen molar-refractivity contribution in [2.24, 2.45) is 4.40 Å². The van der Waals surface area contributed by atoms with E-state index < -0.39 is 10.0 Å². The Bertz CT molecular complexity index is 865. The molecule has 20 heavy (non-hydrogen) atoms. The zero-order valence-corrected chi connectivity index (χ0v) is 11.3. The lowest BCUT2D eigenvalue weighted by Gasteiger charge is -1.97. The van der Waals surface area contributed by atoms with Crippen LogP contribution in [0.1, 0.15) is 5.56 Å². The second kappa shape index (κ2) is 4.94. The predicted octanol–water partition coefficient (Wildman–Crippen LogP) is 2.98. The van der Waals surface area contributed by atoms with Gasteiger partial charge in [-0.2, -0.15) is 12.8 Å². The number of nitrogens with one attached hydrogen (secondary N) is 1. The number of fused-ring (bicyclic) bond motifs is 1. The molecule has 0 fully saturated rings. The molecule has 1 N–H and O–H groups in total. The molecular weight excluding hydrogens is 272 g/mol. The van der Waals surface area contributed by atoms with E-state index in [9.17, 15) is 8.42 Å². The van der Waals surface area contributed by atoms with Gasteiger partial charge in [-0.15, -0.1) is 0 Å². The molecule has 0 aliphatic heterocycles. The second-order valence-corrected chi connectivity index (χ2v) is 5.94. The van der Waals surface area contributed by atoms with Crippen LogP contribution in [0.2, 0.25) is 0 Å². The van der Waals surface area contributed by atoms with Crippen LogP contribution in [-0.4, -0.2) is 19.6 Å². The number of rotatable bonds is 3. The van der Waals surface area contributed by atoms with Crippen LogP contribution < -0.4 is 0 Å². The fraction of sp³-hybridized carbons (Fsp3) is 0. The maximum atomic E-state index is 12.1. The van der Waals surface area contributed by atoms with Gasteiger partial charge in [0.1, 0.15) is 0 Å². The molecule has 0 radical (unpaired) electrons. The monoisotopic (exact) mass is 284 g/mol. The molecule has 0 atom stereocenters. The third-order valence-electron chi connectivity index (χ3n) is 2.99. The van der Waals surface area contributed by atoms with Gasteiger partial charge in [0.25, 0.3) is 10.0 Å². The maximum absolute atomic E-state index is 12.1. The average Bonchev–Trinajstić information content (AvgIpc) is 2.89. The van der Waals surface area contributed by atoms with Crippen molar-refractivity contribution < 1.29 is 8.42 Å². The smallest absolute Gasteiger partial charge is 0.282 e. The molecule has 0 aliphatic carbocycles. The number of aromatic nitrogens is 1. The lowest BCUT2D eigenvalue weighted by molar-refractivity contribution is 0.598. The first-order valence-corrected chi connectivity index (χ1v) is 7.52. The Labute approximate surface area is 116 Å². The molecule has 3 aromatic rings. The Morgan fingerprint density at radius 2 is 1.65 bits per heavy atom. The third kappa shape index (κ3) is 2.35. The van der Waals surface area contributed by atoms with Gasteiger partial charge in [0, 0.05) is 28.9 Å². The van der Waals surface area contributed by atoms with Gasteiger partial charge in [0.2, 0.25) is 0 Å². The minimum Gasteiger partial charge on any atom is -0.361 e. The van der Waals surface area contributed by atoms with Crippen molar-refractivity contribution in [1.82, 2.24) is 4.98 Å². The zero-order valence-electron chi connectivity index (χ0n) is 10.5. The van der Waals surface area contributed by atoms with Crippen LogP contribution in [-0.2, 0) is 10.0 Å². The van der Waals surface area contributed by atoms with Gasteiger partial charge in [0.15, 0.2) is 0 Å². The minimum atomic E-state index is -3.65. The first-order chi connectivity index (χ1) is 9.67. The Kier molecular flexibility index (Phi) is 3.12. The number of H-pyrrole nitrogens is 1. The molecule has 5 heteroatoms. The molecule has 2 aromatic carbocycles. The number of hydrogen-bond donors (Lipinski definition) is 1. The Morgan fingerprint density at radius 3 is 2.45 bits per heavy atom. The van der Waals surface area contributed by atoms with Crippen molar-refractivity contribution in [2.45, 2.75) is 4.90 Å². The van der Waals surface area contributed by atoms with Crippen molar-refractivity contribution in [3.8, 4) is 0 Å². The van der Waals surface area contributed by atoms with Crippen LogP contribution in [0.5, 0.6) is 0 Å². The normalized spacial score (nSPS) is 12.2. The van der Waals surface area contributed by atoms with Crippen molar-refractivity contribution >= 4 is 27.1 Å². The highest BCUT2D eigenvalue weighted by molar-refractivity contribution is 7.90. The third-order valence-corrected chi connectivity index (χ3v) is 4.24. The number of aromatic amines is 1. The number of nitrogens with zero attached hydrogens (tertiary/aromatic N) is 1. The summed E-state index contributed by atoms with van der Waals surface area (Å²) >= 11 is 0. The van der Waals surface area contributed by atoms with E-state index in [4.69, 9.17) is 0 Å². The van der Waals surface area contributed by atoms with E-state index in [-0.39, 0.29) is 4.90 Å².